The molecule has 0 radical (unpaired) electrons. The molecule has 2 rings (SSSR count). The van der Waals surface area contributed by atoms with Gasteiger partial charge in [0, 0.05) is 4.47 Å². The Balaban J connectivity index is 2.45. The molecule has 0 fully saturated rings. The van der Waals surface area contributed by atoms with Crippen molar-refractivity contribution >= 4 is 54.6 Å². The second kappa shape index (κ2) is 6.23. The fourth-order valence-electron chi connectivity index (χ4n) is 1.67. The van der Waals surface area contributed by atoms with E-state index >= 15 is 0 Å². The average Bonchev–Trinajstić information content (AvgIpc) is 2.45. The normalized spacial score (nSPS) is 11.4. The Bertz CT molecular complexity index is 781. The van der Waals surface area contributed by atoms with Crippen LogP contribution in [0.25, 0.3) is 0 Å². The number of hydrogen-bond donors (Lipinski definition) is 3. The van der Waals surface area contributed by atoms with Gasteiger partial charge in [0.15, 0.2) is 0 Å². The minimum absolute atomic E-state index is 0.118. The maximum absolute atomic E-state index is 11.8. The average molecular weight is 391 g/mol. The predicted molar refractivity (Wildman–Crippen MR) is 89.5 cm³/mol. The molecule has 2 aromatic rings. The van der Waals surface area contributed by atoms with Gasteiger partial charge in [0.25, 0.3) is 0 Å². The largest absolute Gasteiger partial charge is 0.397 e. The summed E-state index contributed by atoms with van der Waals surface area (Å²) in [6.45, 7) is 0. The number of nitrogens with one attached hydrogen (secondary N) is 2. The number of sulfonamides is 1. The first kappa shape index (κ1) is 16.1. The van der Waals surface area contributed by atoms with Crippen LogP contribution in [-0.2, 0) is 10.0 Å². The standard InChI is InChI=1S/C13H13BrClN3O2S/c1-17-21(19,20)9-3-5-11(16)13(7-9)18-12-6-8(14)2-4-10(12)15/h2-7,17-18H,16H2,1H3. The Kier molecular flexibility index (Phi) is 4.77. The second-order valence-corrected chi connectivity index (χ2v) is 7.42. The Morgan fingerprint density at radius 1 is 1.14 bits per heavy atom. The van der Waals surface area contributed by atoms with Crippen LogP contribution < -0.4 is 15.8 Å². The number of rotatable bonds is 4. The molecule has 0 aliphatic rings. The van der Waals surface area contributed by atoms with Gasteiger partial charge in [-0.3, -0.25) is 0 Å². The third kappa shape index (κ3) is 3.68. The van der Waals surface area contributed by atoms with Crippen LogP contribution in [0.1, 0.15) is 0 Å². The van der Waals surface area contributed by atoms with Gasteiger partial charge < -0.3 is 11.1 Å². The first-order valence-corrected chi connectivity index (χ1v) is 8.54. The summed E-state index contributed by atoms with van der Waals surface area (Å²) in [6.07, 6.45) is 0. The SMILES string of the molecule is CNS(=O)(=O)c1ccc(N)c(Nc2cc(Br)ccc2Cl)c1. The molecule has 0 spiro atoms. The molecule has 21 heavy (non-hydrogen) atoms. The van der Waals surface area contributed by atoms with Crippen molar-refractivity contribution in [1.82, 2.24) is 4.72 Å². The highest BCUT2D eigenvalue weighted by molar-refractivity contribution is 9.10. The molecule has 4 N–H and O–H groups in total. The van der Waals surface area contributed by atoms with Gasteiger partial charge in [-0.2, -0.15) is 0 Å². The summed E-state index contributed by atoms with van der Waals surface area (Å²) >= 11 is 9.45. The number of anilines is 3. The van der Waals surface area contributed by atoms with Crippen molar-refractivity contribution in [3.63, 3.8) is 0 Å². The molecule has 112 valence electrons. The van der Waals surface area contributed by atoms with E-state index in [2.05, 4.69) is 26.0 Å². The summed E-state index contributed by atoms with van der Waals surface area (Å²) in [6, 6.07) is 9.73. The molecule has 0 amide bonds. The number of halogens is 2. The van der Waals surface area contributed by atoms with E-state index in [-0.39, 0.29) is 4.90 Å². The maximum atomic E-state index is 11.8. The van der Waals surface area contributed by atoms with E-state index in [4.69, 9.17) is 17.3 Å². The minimum Gasteiger partial charge on any atom is -0.397 e. The lowest BCUT2D eigenvalue weighted by Gasteiger charge is -2.13. The zero-order valence-electron chi connectivity index (χ0n) is 11.0. The molecule has 0 saturated heterocycles. The van der Waals surface area contributed by atoms with E-state index in [0.717, 1.165) is 4.47 Å². The highest BCUT2D eigenvalue weighted by atomic mass is 79.9. The Morgan fingerprint density at radius 2 is 1.86 bits per heavy atom. The Labute approximate surface area is 136 Å². The van der Waals surface area contributed by atoms with Crippen molar-refractivity contribution in [2.75, 3.05) is 18.1 Å². The minimum atomic E-state index is -3.54. The van der Waals surface area contributed by atoms with Gasteiger partial charge in [-0.15, -0.1) is 0 Å². The molecule has 0 aliphatic carbocycles. The van der Waals surface area contributed by atoms with Gasteiger partial charge in [-0.25, -0.2) is 13.1 Å². The van der Waals surface area contributed by atoms with Crippen LogP contribution in [0.2, 0.25) is 5.02 Å². The lowest BCUT2D eigenvalue weighted by atomic mass is 10.2. The molecule has 0 bridgehead atoms. The van der Waals surface area contributed by atoms with Gasteiger partial charge in [0.2, 0.25) is 10.0 Å². The second-order valence-electron chi connectivity index (χ2n) is 4.21. The molecule has 0 heterocycles. The lowest BCUT2D eigenvalue weighted by molar-refractivity contribution is 0.588. The van der Waals surface area contributed by atoms with E-state index in [1.54, 1.807) is 18.2 Å². The summed E-state index contributed by atoms with van der Waals surface area (Å²) in [4.78, 5) is 0.118. The fraction of sp³-hybridized carbons (Fsp3) is 0.0769. The van der Waals surface area contributed by atoms with Crippen molar-refractivity contribution in [2.45, 2.75) is 4.90 Å². The van der Waals surface area contributed by atoms with Gasteiger partial charge in [-0.1, -0.05) is 27.5 Å². The predicted octanol–water partition coefficient (Wildman–Crippen LogP) is 3.34. The highest BCUT2D eigenvalue weighted by Gasteiger charge is 2.14. The first-order valence-electron chi connectivity index (χ1n) is 5.88. The molecule has 8 heteroatoms. The highest BCUT2D eigenvalue weighted by Crippen LogP contribution is 2.32. The van der Waals surface area contributed by atoms with Crippen LogP contribution >= 0.6 is 27.5 Å². The summed E-state index contributed by atoms with van der Waals surface area (Å²) in [7, 11) is -2.18. The van der Waals surface area contributed by atoms with Gasteiger partial charge in [0.05, 0.1) is 27.0 Å². The molecule has 0 aromatic heterocycles. The van der Waals surface area contributed by atoms with Crippen molar-refractivity contribution < 1.29 is 8.42 Å². The molecule has 5 nitrogen and oxygen atoms in total. The maximum Gasteiger partial charge on any atom is 0.240 e. The number of hydrogen-bond acceptors (Lipinski definition) is 4. The molecule has 0 unspecified atom stereocenters. The summed E-state index contributed by atoms with van der Waals surface area (Å²) in [5, 5.41) is 3.54. The smallest absolute Gasteiger partial charge is 0.240 e. The van der Waals surface area contributed by atoms with Crippen LogP contribution in [-0.4, -0.2) is 15.5 Å². The first-order chi connectivity index (χ1) is 9.83. The zero-order valence-corrected chi connectivity index (χ0v) is 14.2. The van der Waals surface area contributed by atoms with Crippen LogP contribution in [0.3, 0.4) is 0 Å². The van der Waals surface area contributed by atoms with Gasteiger partial charge in [0.1, 0.15) is 0 Å². The fourth-order valence-corrected chi connectivity index (χ4v) is 2.95. The van der Waals surface area contributed by atoms with Crippen molar-refractivity contribution in [3.05, 3.63) is 45.9 Å². The lowest BCUT2D eigenvalue weighted by Crippen LogP contribution is -2.18. The summed E-state index contributed by atoms with van der Waals surface area (Å²) < 4.78 is 26.7. The van der Waals surface area contributed by atoms with Crippen molar-refractivity contribution in [3.8, 4) is 0 Å². The molecular formula is C13H13BrClN3O2S. The van der Waals surface area contributed by atoms with E-state index in [0.29, 0.717) is 22.1 Å². The van der Waals surface area contributed by atoms with E-state index in [1.807, 2.05) is 0 Å². The van der Waals surface area contributed by atoms with Crippen molar-refractivity contribution in [2.24, 2.45) is 0 Å². The quantitative estimate of drug-likeness (QED) is 0.699. The monoisotopic (exact) mass is 389 g/mol. The van der Waals surface area contributed by atoms with E-state index in [1.165, 1.54) is 25.2 Å². The zero-order chi connectivity index (χ0) is 15.6. The van der Waals surface area contributed by atoms with Crippen LogP contribution in [0.15, 0.2) is 45.8 Å². The summed E-state index contributed by atoms with van der Waals surface area (Å²) in [5.41, 5.74) is 7.38. The van der Waals surface area contributed by atoms with Crippen molar-refractivity contribution in [1.29, 1.82) is 0 Å². The molecule has 0 atom stereocenters. The van der Waals surface area contributed by atoms with Crippen LogP contribution in [0, 0.1) is 0 Å². The third-order valence-corrected chi connectivity index (χ3v) is 5.04. The topological polar surface area (TPSA) is 84.2 Å². The van der Waals surface area contributed by atoms with Gasteiger partial charge in [-0.05, 0) is 43.4 Å². The Morgan fingerprint density at radius 3 is 2.52 bits per heavy atom. The number of nitrogen functional groups attached to an aromatic ring is 1. The van der Waals surface area contributed by atoms with E-state index in [9.17, 15) is 8.42 Å². The summed E-state index contributed by atoms with van der Waals surface area (Å²) in [5.74, 6) is 0. The number of benzene rings is 2. The van der Waals surface area contributed by atoms with Crippen LogP contribution in [0.4, 0.5) is 17.1 Å². The molecule has 0 aliphatic heterocycles. The van der Waals surface area contributed by atoms with Crippen LogP contribution in [0.5, 0.6) is 0 Å². The van der Waals surface area contributed by atoms with E-state index < -0.39 is 10.0 Å². The number of nitrogens with two attached hydrogens (primary N) is 1. The molecular weight excluding hydrogens is 378 g/mol. The third-order valence-electron chi connectivity index (χ3n) is 2.80. The van der Waals surface area contributed by atoms with Gasteiger partial charge >= 0.3 is 0 Å². The molecule has 0 saturated carbocycles. The molecule has 2 aromatic carbocycles. The Hall–Kier alpha value is -1.28.